The number of methoxy groups -OCH3 is 1. The van der Waals surface area contributed by atoms with Crippen LogP contribution in [-0.4, -0.2) is 76.9 Å². The van der Waals surface area contributed by atoms with E-state index in [2.05, 4.69) is 9.97 Å². The first-order valence-electron chi connectivity index (χ1n) is 12.2. The third-order valence-electron chi connectivity index (χ3n) is 6.32. The predicted octanol–water partition coefficient (Wildman–Crippen LogP) is 3.62. The summed E-state index contributed by atoms with van der Waals surface area (Å²) < 4.78 is 10.4. The second-order valence-corrected chi connectivity index (χ2v) is 8.77. The highest BCUT2D eigenvalue weighted by Crippen LogP contribution is 2.23. The molecule has 4 rings (SSSR count). The molecule has 2 heterocycles. The zero-order chi connectivity index (χ0) is 26.5. The van der Waals surface area contributed by atoms with Gasteiger partial charge in [0.05, 0.1) is 19.4 Å². The molecule has 1 atom stereocenters. The Balaban J connectivity index is 1.60. The molecule has 1 saturated heterocycles. The van der Waals surface area contributed by atoms with Crippen LogP contribution in [-0.2, 0) is 4.74 Å². The van der Waals surface area contributed by atoms with Gasteiger partial charge in [-0.1, -0.05) is 30.3 Å². The normalized spacial score (nSPS) is 15.3. The molecule has 2 amide bonds. The van der Waals surface area contributed by atoms with Crippen LogP contribution in [0.5, 0.6) is 5.75 Å². The van der Waals surface area contributed by atoms with Crippen molar-refractivity contribution in [3.8, 4) is 17.1 Å². The summed E-state index contributed by atoms with van der Waals surface area (Å²) >= 11 is 0. The highest BCUT2D eigenvalue weighted by molar-refractivity contribution is 6.05. The third-order valence-corrected chi connectivity index (χ3v) is 6.32. The second kappa shape index (κ2) is 11.2. The van der Waals surface area contributed by atoms with Gasteiger partial charge < -0.3 is 19.3 Å². The highest BCUT2D eigenvalue weighted by atomic mass is 16.5. The van der Waals surface area contributed by atoms with E-state index in [-0.39, 0.29) is 29.8 Å². The molecule has 2 aromatic carbocycles. The summed E-state index contributed by atoms with van der Waals surface area (Å²) in [6, 6.07) is 16.0. The lowest BCUT2D eigenvalue weighted by Crippen LogP contribution is -2.55. The summed E-state index contributed by atoms with van der Waals surface area (Å²) in [5, 5.41) is 0. The van der Waals surface area contributed by atoms with Crippen LogP contribution >= 0.6 is 0 Å². The first-order chi connectivity index (χ1) is 17.8. The Morgan fingerprint density at radius 2 is 1.68 bits per heavy atom. The van der Waals surface area contributed by atoms with Gasteiger partial charge in [-0.05, 0) is 45.0 Å². The van der Waals surface area contributed by atoms with Gasteiger partial charge in [-0.2, -0.15) is 0 Å². The summed E-state index contributed by atoms with van der Waals surface area (Å²) in [5.74, 6) is -0.111. The molecule has 0 radical (unpaired) electrons. The molecule has 192 valence electrons. The van der Waals surface area contributed by atoms with Crippen LogP contribution in [0.4, 0.5) is 0 Å². The molecular weight excluding hydrogens is 472 g/mol. The van der Waals surface area contributed by atoms with E-state index in [1.54, 1.807) is 55.0 Å². The number of nitrogens with zero attached hydrogens (tertiary/aromatic N) is 4. The third kappa shape index (κ3) is 5.45. The first kappa shape index (κ1) is 25.8. The summed E-state index contributed by atoms with van der Waals surface area (Å²) in [4.78, 5) is 52.0. The van der Waals surface area contributed by atoms with Gasteiger partial charge in [0.2, 0.25) is 0 Å². The average Bonchev–Trinajstić information content (AvgIpc) is 2.92. The van der Waals surface area contributed by atoms with E-state index in [0.29, 0.717) is 42.5 Å². The summed E-state index contributed by atoms with van der Waals surface area (Å²) in [6.45, 7) is 6.38. The number of benzene rings is 2. The molecule has 0 spiro atoms. The smallest absolute Gasteiger partial charge is 0.342 e. The molecular formula is C28H30N4O5. The van der Waals surface area contributed by atoms with E-state index in [1.807, 2.05) is 37.3 Å². The molecule has 0 N–H and O–H groups in total. The van der Waals surface area contributed by atoms with Crippen molar-refractivity contribution in [2.45, 2.75) is 26.8 Å². The minimum atomic E-state index is -0.635. The largest absolute Gasteiger partial charge is 0.497 e. The number of aromatic nitrogens is 2. The minimum absolute atomic E-state index is 0.00642. The number of carbonyl (C=O) groups is 3. The van der Waals surface area contributed by atoms with Gasteiger partial charge in [0.1, 0.15) is 17.0 Å². The Bertz CT molecular complexity index is 1290. The second-order valence-electron chi connectivity index (χ2n) is 8.77. The van der Waals surface area contributed by atoms with Crippen molar-refractivity contribution in [2.24, 2.45) is 0 Å². The molecule has 1 aliphatic rings. The van der Waals surface area contributed by atoms with Crippen molar-refractivity contribution in [1.82, 2.24) is 19.8 Å². The monoisotopic (exact) mass is 502 g/mol. The van der Waals surface area contributed by atoms with Gasteiger partial charge in [-0.25, -0.2) is 14.8 Å². The Hall–Kier alpha value is -4.27. The SMILES string of the molecule is CCOC(=O)c1c(C)nc(-c2ccccc2)nc1C(=O)N1CCN(C(=O)c2ccc(OC)cc2)C(C)C1. The van der Waals surface area contributed by atoms with Gasteiger partial charge in [-0.15, -0.1) is 0 Å². The van der Waals surface area contributed by atoms with Crippen LogP contribution in [0.2, 0.25) is 0 Å². The molecule has 9 heteroatoms. The molecule has 0 saturated carbocycles. The Morgan fingerprint density at radius 3 is 2.30 bits per heavy atom. The van der Waals surface area contributed by atoms with Crippen molar-refractivity contribution in [3.63, 3.8) is 0 Å². The van der Waals surface area contributed by atoms with Crippen molar-refractivity contribution < 1.29 is 23.9 Å². The standard InChI is InChI=1S/C28H30N4O5/c1-5-37-28(35)23-19(3)29-25(20-9-7-6-8-10-20)30-24(23)27(34)31-15-16-32(18(2)17-31)26(33)21-11-13-22(36-4)14-12-21/h6-14,18H,5,15-17H2,1-4H3. The van der Waals surface area contributed by atoms with E-state index in [0.717, 1.165) is 5.56 Å². The molecule has 1 aliphatic heterocycles. The number of esters is 1. The number of piperazine rings is 1. The Kier molecular flexibility index (Phi) is 7.81. The Labute approximate surface area is 216 Å². The van der Waals surface area contributed by atoms with Crippen molar-refractivity contribution >= 4 is 17.8 Å². The van der Waals surface area contributed by atoms with Gasteiger partial charge in [0.15, 0.2) is 5.82 Å². The quantitative estimate of drug-likeness (QED) is 0.475. The van der Waals surface area contributed by atoms with Crippen LogP contribution in [0.3, 0.4) is 0 Å². The van der Waals surface area contributed by atoms with E-state index in [9.17, 15) is 14.4 Å². The maximum atomic E-state index is 13.7. The molecule has 37 heavy (non-hydrogen) atoms. The van der Waals surface area contributed by atoms with Gasteiger partial charge in [-0.3, -0.25) is 9.59 Å². The number of rotatable bonds is 6. The van der Waals surface area contributed by atoms with E-state index in [4.69, 9.17) is 9.47 Å². The maximum Gasteiger partial charge on any atom is 0.342 e. The number of carbonyl (C=O) groups excluding carboxylic acids is 3. The number of hydrogen-bond acceptors (Lipinski definition) is 7. The lowest BCUT2D eigenvalue weighted by Gasteiger charge is -2.40. The molecule has 9 nitrogen and oxygen atoms in total. The molecule has 3 aromatic rings. The van der Waals surface area contributed by atoms with Gasteiger partial charge in [0, 0.05) is 36.8 Å². The lowest BCUT2D eigenvalue weighted by atomic mass is 10.1. The van der Waals surface area contributed by atoms with E-state index in [1.165, 1.54) is 0 Å². The Morgan fingerprint density at radius 1 is 0.973 bits per heavy atom. The number of amides is 2. The molecule has 0 bridgehead atoms. The zero-order valence-electron chi connectivity index (χ0n) is 21.4. The molecule has 1 aromatic heterocycles. The number of aryl methyl sites for hydroxylation is 1. The van der Waals surface area contributed by atoms with E-state index < -0.39 is 11.9 Å². The maximum absolute atomic E-state index is 13.7. The number of hydrogen-bond donors (Lipinski definition) is 0. The van der Waals surface area contributed by atoms with E-state index >= 15 is 0 Å². The van der Waals surface area contributed by atoms with Crippen molar-refractivity contribution in [2.75, 3.05) is 33.4 Å². The lowest BCUT2D eigenvalue weighted by molar-refractivity contribution is 0.0406. The zero-order valence-corrected chi connectivity index (χ0v) is 21.4. The topological polar surface area (TPSA) is 102 Å². The van der Waals surface area contributed by atoms with Crippen LogP contribution in [0, 0.1) is 6.92 Å². The number of ether oxygens (including phenoxy) is 2. The van der Waals surface area contributed by atoms with Crippen LogP contribution in [0.15, 0.2) is 54.6 Å². The van der Waals surface area contributed by atoms with Gasteiger partial charge in [0.25, 0.3) is 11.8 Å². The fourth-order valence-corrected chi connectivity index (χ4v) is 4.38. The molecule has 0 aliphatic carbocycles. The van der Waals surface area contributed by atoms with Crippen LogP contribution < -0.4 is 4.74 Å². The van der Waals surface area contributed by atoms with Crippen LogP contribution in [0.1, 0.15) is 50.7 Å². The molecule has 1 unspecified atom stereocenters. The van der Waals surface area contributed by atoms with Crippen LogP contribution in [0.25, 0.3) is 11.4 Å². The summed E-state index contributed by atoms with van der Waals surface area (Å²) in [5.41, 5.74) is 1.73. The summed E-state index contributed by atoms with van der Waals surface area (Å²) in [6.07, 6.45) is 0. The summed E-state index contributed by atoms with van der Waals surface area (Å²) in [7, 11) is 1.57. The van der Waals surface area contributed by atoms with Crippen molar-refractivity contribution in [3.05, 3.63) is 77.1 Å². The fourth-order valence-electron chi connectivity index (χ4n) is 4.38. The predicted molar refractivity (Wildman–Crippen MR) is 138 cm³/mol. The van der Waals surface area contributed by atoms with Crippen molar-refractivity contribution in [1.29, 1.82) is 0 Å². The average molecular weight is 503 g/mol. The fraction of sp³-hybridized carbons (Fsp3) is 0.321. The highest BCUT2D eigenvalue weighted by Gasteiger charge is 2.34. The van der Waals surface area contributed by atoms with Gasteiger partial charge >= 0.3 is 5.97 Å². The molecule has 1 fully saturated rings. The minimum Gasteiger partial charge on any atom is -0.497 e. The first-order valence-corrected chi connectivity index (χ1v) is 12.2.